The fourth-order valence-corrected chi connectivity index (χ4v) is 8.40. The number of aldehydes is 1. The molecule has 0 aliphatic heterocycles. The van der Waals surface area contributed by atoms with Gasteiger partial charge in [-0.1, -0.05) is 64.5 Å². The molecule has 0 amide bonds. The van der Waals surface area contributed by atoms with E-state index < -0.39 is 36.1 Å². The summed E-state index contributed by atoms with van der Waals surface area (Å²) in [6.45, 7) is 1.55. The molecule has 0 aliphatic carbocycles. The smallest absolute Gasteiger partial charge is 0.195 e. The Kier molecular flexibility index (Phi) is 6.83. The summed E-state index contributed by atoms with van der Waals surface area (Å²) in [5.41, 5.74) is -0.808. The lowest BCUT2D eigenvalue weighted by molar-refractivity contribution is -0.112. The lowest BCUT2D eigenvalue weighted by atomic mass is 9.81. The van der Waals surface area contributed by atoms with Gasteiger partial charge in [-0.2, -0.15) is 0 Å². The molecule has 0 spiro atoms. The summed E-state index contributed by atoms with van der Waals surface area (Å²) in [4.78, 5) is 12.0. The van der Waals surface area contributed by atoms with Crippen molar-refractivity contribution < 1.29 is 21.6 Å². The van der Waals surface area contributed by atoms with Crippen molar-refractivity contribution in [1.82, 2.24) is 0 Å². The topological polar surface area (TPSA) is 85.3 Å². The van der Waals surface area contributed by atoms with E-state index in [9.17, 15) is 21.6 Å². The van der Waals surface area contributed by atoms with Gasteiger partial charge in [-0.25, -0.2) is 16.8 Å². The highest BCUT2D eigenvalue weighted by Gasteiger charge is 2.45. The van der Waals surface area contributed by atoms with Crippen LogP contribution in [0.25, 0.3) is 0 Å². The van der Waals surface area contributed by atoms with E-state index in [0.29, 0.717) is 11.8 Å². The van der Waals surface area contributed by atoms with Crippen LogP contribution in [-0.4, -0.2) is 27.7 Å². The summed E-state index contributed by atoms with van der Waals surface area (Å²) >= 11 is 3.33. The van der Waals surface area contributed by atoms with Crippen LogP contribution >= 0.6 is 15.9 Å². The predicted molar refractivity (Wildman–Crippen MR) is 123 cm³/mol. The minimum Gasteiger partial charge on any atom is -0.302 e. The van der Waals surface area contributed by atoms with Crippen molar-refractivity contribution in [3.63, 3.8) is 0 Å². The summed E-state index contributed by atoms with van der Waals surface area (Å²) in [6.07, 6.45) is 0.191. The van der Waals surface area contributed by atoms with Crippen LogP contribution in [0, 0.1) is 0 Å². The average Bonchev–Trinajstić information content (AvgIpc) is 2.78. The van der Waals surface area contributed by atoms with E-state index in [2.05, 4.69) is 15.9 Å². The number of carbonyl (C=O) groups excluding carboxylic acids is 1. The Bertz CT molecular complexity index is 1190. The molecule has 3 aromatic rings. The van der Waals surface area contributed by atoms with Crippen molar-refractivity contribution in [3.05, 3.63) is 95.0 Å². The molecule has 0 N–H and O–H groups in total. The van der Waals surface area contributed by atoms with Crippen LogP contribution in [0.4, 0.5) is 0 Å². The zero-order chi connectivity index (χ0) is 22.7. The molecular formula is C23H21BrO5S2. The third-order valence-corrected chi connectivity index (χ3v) is 10.8. The summed E-state index contributed by atoms with van der Waals surface area (Å²) in [6, 6.07) is 21.7. The third kappa shape index (κ3) is 4.81. The van der Waals surface area contributed by atoms with E-state index in [1.165, 1.54) is 48.5 Å². The number of sulfone groups is 2. The molecule has 3 aromatic carbocycles. The molecule has 0 aliphatic rings. The van der Waals surface area contributed by atoms with Gasteiger partial charge < -0.3 is 4.79 Å². The lowest BCUT2D eigenvalue weighted by Crippen LogP contribution is -2.39. The van der Waals surface area contributed by atoms with Gasteiger partial charge in [-0.15, -0.1) is 0 Å². The van der Waals surface area contributed by atoms with Gasteiger partial charge in [-0.05, 0) is 55.3 Å². The monoisotopic (exact) mass is 520 g/mol. The van der Waals surface area contributed by atoms with E-state index in [4.69, 9.17) is 0 Å². The van der Waals surface area contributed by atoms with E-state index in [0.717, 1.165) is 4.47 Å². The van der Waals surface area contributed by atoms with Gasteiger partial charge in [-0.3, -0.25) is 0 Å². The predicted octanol–water partition coefficient (Wildman–Crippen LogP) is 4.57. The molecule has 0 radical (unpaired) electrons. The fraction of sp³-hybridized carbons (Fsp3) is 0.174. The first kappa shape index (κ1) is 23.4. The van der Waals surface area contributed by atoms with Crippen molar-refractivity contribution in [2.75, 3.05) is 0 Å². The fourth-order valence-electron chi connectivity index (χ4n) is 3.32. The molecule has 0 aromatic heterocycles. The molecule has 162 valence electrons. The summed E-state index contributed by atoms with van der Waals surface area (Å²) in [5, 5.41) is 0. The summed E-state index contributed by atoms with van der Waals surface area (Å²) in [5.74, 6) is 0. The van der Waals surface area contributed by atoms with Crippen LogP contribution in [0.15, 0.2) is 99.2 Å². The van der Waals surface area contributed by atoms with E-state index in [1.54, 1.807) is 43.3 Å². The van der Waals surface area contributed by atoms with Crippen LogP contribution in [-0.2, 0) is 29.9 Å². The van der Waals surface area contributed by atoms with E-state index in [1.807, 2.05) is 0 Å². The number of hydrogen-bond acceptors (Lipinski definition) is 5. The van der Waals surface area contributed by atoms with Crippen LogP contribution in [0.3, 0.4) is 0 Å². The number of hydrogen-bond donors (Lipinski definition) is 0. The maximum absolute atomic E-state index is 13.5. The zero-order valence-electron chi connectivity index (χ0n) is 16.7. The molecule has 0 bridgehead atoms. The van der Waals surface area contributed by atoms with Crippen molar-refractivity contribution in [2.24, 2.45) is 0 Å². The van der Waals surface area contributed by atoms with Gasteiger partial charge in [0, 0.05) is 4.47 Å². The first-order chi connectivity index (χ1) is 14.6. The average molecular weight is 521 g/mol. The highest BCUT2D eigenvalue weighted by atomic mass is 79.9. The van der Waals surface area contributed by atoms with Gasteiger partial charge in [0.15, 0.2) is 24.3 Å². The molecule has 1 atom stereocenters. The first-order valence-electron chi connectivity index (χ1n) is 9.41. The minimum absolute atomic E-state index is 0.108. The Labute approximate surface area is 191 Å². The molecule has 31 heavy (non-hydrogen) atoms. The summed E-state index contributed by atoms with van der Waals surface area (Å²) < 4.78 is 53.1. The lowest BCUT2D eigenvalue weighted by Gasteiger charge is -2.29. The second kappa shape index (κ2) is 9.06. The number of rotatable bonds is 8. The highest BCUT2D eigenvalue weighted by molar-refractivity contribution is 9.10. The molecule has 0 fully saturated rings. The quantitative estimate of drug-likeness (QED) is 0.406. The van der Waals surface area contributed by atoms with Crippen LogP contribution in [0.2, 0.25) is 0 Å². The Hall–Kier alpha value is -2.29. The van der Waals surface area contributed by atoms with E-state index in [-0.39, 0.29) is 9.79 Å². The Morgan fingerprint density at radius 2 is 1.19 bits per heavy atom. The maximum Gasteiger partial charge on any atom is 0.195 e. The van der Waals surface area contributed by atoms with Crippen molar-refractivity contribution in [2.45, 2.75) is 33.1 Å². The van der Waals surface area contributed by atoms with Gasteiger partial charge in [0.1, 0.15) is 6.29 Å². The van der Waals surface area contributed by atoms with Crippen molar-refractivity contribution in [1.29, 1.82) is 0 Å². The Morgan fingerprint density at radius 1 is 0.774 bits per heavy atom. The van der Waals surface area contributed by atoms with Gasteiger partial charge in [0.2, 0.25) is 0 Å². The molecular weight excluding hydrogens is 500 g/mol. The number of halogens is 1. The number of benzene rings is 3. The number of carbonyl (C=O) groups is 1. The molecule has 8 heteroatoms. The molecule has 0 unspecified atom stereocenters. The first-order valence-corrected chi connectivity index (χ1v) is 13.3. The third-order valence-electron chi connectivity index (χ3n) is 5.19. The van der Waals surface area contributed by atoms with Crippen molar-refractivity contribution >= 4 is 41.9 Å². The second-order valence-corrected chi connectivity index (χ2v) is 12.9. The van der Waals surface area contributed by atoms with Gasteiger partial charge >= 0.3 is 0 Å². The van der Waals surface area contributed by atoms with Crippen LogP contribution in [0.1, 0.15) is 18.9 Å². The Balaban J connectivity index is 2.19. The van der Waals surface area contributed by atoms with E-state index >= 15 is 0 Å². The minimum atomic E-state index is -4.32. The molecule has 5 nitrogen and oxygen atoms in total. The molecule has 0 heterocycles. The largest absolute Gasteiger partial charge is 0.302 e. The molecule has 3 rings (SSSR count). The SMILES string of the molecule is C[C@](C=O)(CC(S(=O)(=O)c1ccccc1)S(=O)(=O)c1ccccc1)c1ccc(Br)cc1. The summed E-state index contributed by atoms with van der Waals surface area (Å²) in [7, 11) is -8.64. The second-order valence-electron chi connectivity index (χ2n) is 7.39. The van der Waals surface area contributed by atoms with Gasteiger partial charge in [0.25, 0.3) is 0 Å². The normalized spacial score (nSPS) is 14.2. The van der Waals surface area contributed by atoms with Crippen molar-refractivity contribution in [3.8, 4) is 0 Å². The Morgan fingerprint density at radius 3 is 1.58 bits per heavy atom. The molecule has 0 saturated heterocycles. The zero-order valence-corrected chi connectivity index (χ0v) is 19.9. The van der Waals surface area contributed by atoms with Crippen LogP contribution < -0.4 is 0 Å². The maximum atomic E-state index is 13.5. The van der Waals surface area contributed by atoms with Crippen LogP contribution in [0.5, 0.6) is 0 Å². The molecule has 0 saturated carbocycles. The standard InChI is InChI=1S/C23H21BrO5S2/c1-23(17-25,18-12-14-19(24)15-13-18)16-22(30(26,27)20-8-4-2-5-9-20)31(28,29)21-10-6-3-7-11-21/h2-15,17,22H,16H2,1H3/t23-/m1/s1. The highest BCUT2D eigenvalue weighted by Crippen LogP contribution is 2.36. The van der Waals surface area contributed by atoms with Gasteiger partial charge in [0.05, 0.1) is 15.2 Å².